The van der Waals surface area contributed by atoms with Crippen LogP contribution in [0.3, 0.4) is 0 Å². The minimum atomic E-state index is -3.53. The van der Waals surface area contributed by atoms with E-state index in [0.717, 1.165) is 27.7 Å². The summed E-state index contributed by atoms with van der Waals surface area (Å²) in [6.07, 6.45) is 1.82. The third kappa shape index (κ3) is 5.84. The van der Waals surface area contributed by atoms with E-state index in [1.54, 1.807) is 17.8 Å². The van der Waals surface area contributed by atoms with E-state index in [-0.39, 0.29) is 16.7 Å². The molecule has 156 valence electrons. The highest BCUT2D eigenvalue weighted by atomic mass is 35.5. The molecule has 3 rings (SSSR count). The van der Waals surface area contributed by atoms with Crippen LogP contribution in [0.15, 0.2) is 58.2 Å². The molecule has 1 aliphatic rings. The smallest absolute Gasteiger partial charge is 0.252 e. The monoisotopic (exact) mass is 471 g/mol. The van der Waals surface area contributed by atoms with Crippen molar-refractivity contribution >= 4 is 56.3 Å². The first-order valence-electron chi connectivity index (χ1n) is 9.00. The fourth-order valence-corrected chi connectivity index (χ4v) is 6.73. The van der Waals surface area contributed by atoms with E-state index in [0.29, 0.717) is 30.5 Å². The van der Waals surface area contributed by atoms with E-state index >= 15 is 0 Å². The Kier molecular flexibility index (Phi) is 7.78. The van der Waals surface area contributed by atoms with Gasteiger partial charge in [-0.25, -0.2) is 8.42 Å². The maximum absolute atomic E-state index is 12.7. The van der Waals surface area contributed by atoms with Gasteiger partial charge in [-0.05, 0) is 24.3 Å². The normalized spacial score (nSPS) is 15.9. The summed E-state index contributed by atoms with van der Waals surface area (Å²) in [5.41, 5.74) is 0.778. The lowest BCUT2D eigenvalue weighted by Crippen LogP contribution is -2.50. The minimum Gasteiger partial charge on any atom is -0.324 e. The molecule has 1 saturated heterocycles. The van der Waals surface area contributed by atoms with Gasteiger partial charge in [-0.3, -0.25) is 9.69 Å². The first-order valence-corrected chi connectivity index (χ1v) is 12.6. The Morgan fingerprint density at radius 3 is 2.59 bits per heavy atom. The molecule has 1 aromatic carbocycles. The lowest BCUT2D eigenvalue weighted by atomic mass is 10.3. The van der Waals surface area contributed by atoms with Gasteiger partial charge in [0.1, 0.15) is 4.21 Å². The van der Waals surface area contributed by atoms with Gasteiger partial charge in [0.2, 0.25) is 5.91 Å². The van der Waals surface area contributed by atoms with E-state index < -0.39 is 10.0 Å². The molecule has 0 spiro atoms. The number of carbonyl (C=O) groups is 1. The molecule has 1 aromatic heterocycles. The van der Waals surface area contributed by atoms with Crippen LogP contribution >= 0.6 is 34.7 Å². The number of thiophene rings is 1. The van der Waals surface area contributed by atoms with Crippen molar-refractivity contribution < 1.29 is 13.2 Å². The van der Waals surface area contributed by atoms with Gasteiger partial charge in [0, 0.05) is 36.8 Å². The summed E-state index contributed by atoms with van der Waals surface area (Å²) < 4.78 is 27.5. The van der Waals surface area contributed by atoms with Crippen molar-refractivity contribution in [2.24, 2.45) is 0 Å². The summed E-state index contributed by atoms with van der Waals surface area (Å²) in [5, 5.41) is 2.96. The molecule has 1 N–H and O–H groups in total. The summed E-state index contributed by atoms with van der Waals surface area (Å²) in [6, 6.07) is 10.8. The Bertz CT molecular complexity index is 970. The van der Waals surface area contributed by atoms with E-state index in [9.17, 15) is 13.2 Å². The Labute approximate surface area is 184 Å². The molecule has 10 heteroatoms. The first-order chi connectivity index (χ1) is 13.9. The molecule has 2 heterocycles. The van der Waals surface area contributed by atoms with Crippen molar-refractivity contribution in [2.45, 2.75) is 9.10 Å². The number of sulfonamides is 1. The maximum Gasteiger partial charge on any atom is 0.252 e. The number of piperazine rings is 1. The van der Waals surface area contributed by atoms with Gasteiger partial charge < -0.3 is 5.32 Å². The number of hydrogen-bond donors (Lipinski definition) is 1. The Balaban J connectivity index is 1.53. The van der Waals surface area contributed by atoms with Crippen molar-refractivity contribution in [1.29, 1.82) is 0 Å². The number of carbonyl (C=O) groups excluding carboxylic acids is 1. The predicted molar refractivity (Wildman–Crippen MR) is 121 cm³/mol. The highest BCUT2D eigenvalue weighted by Gasteiger charge is 2.30. The Morgan fingerprint density at radius 1 is 1.21 bits per heavy atom. The molecule has 1 amide bonds. The van der Waals surface area contributed by atoms with Crippen LogP contribution in [0.2, 0.25) is 4.34 Å². The number of hydrogen-bond acceptors (Lipinski definition) is 6. The summed E-state index contributed by atoms with van der Waals surface area (Å²) in [4.78, 5) is 15.4. The van der Waals surface area contributed by atoms with Gasteiger partial charge >= 0.3 is 0 Å². The van der Waals surface area contributed by atoms with E-state index in [1.807, 2.05) is 35.2 Å². The van der Waals surface area contributed by atoms with Crippen LogP contribution in [-0.4, -0.2) is 62.0 Å². The zero-order valence-corrected chi connectivity index (χ0v) is 18.9. The van der Waals surface area contributed by atoms with Crippen LogP contribution in [0.5, 0.6) is 0 Å². The molecule has 0 bridgehead atoms. The average molecular weight is 472 g/mol. The van der Waals surface area contributed by atoms with Crippen molar-refractivity contribution in [2.75, 3.05) is 43.8 Å². The lowest BCUT2D eigenvalue weighted by molar-refractivity contribution is -0.117. The molecular formula is C19H22ClN3O3S3. The zero-order chi connectivity index (χ0) is 20.9. The number of para-hydroxylation sites is 1. The Hall–Kier alpha value is -1.36. The molecule has 2 aromatic rings. The second-order valence-corrected chi connectivity index (χ2v) is 11.3. The van der Waals surface area contributed by atoms with E-state index in [1.165, 1.54) is 10.4 Å². The van der Waals surface area contributed by atoms with Crippen molar-refractivity contribution in [3.05, 3.63) is 53.4 Å². The van der Waals surface area contributed by atoms with Crippen LogP contribution < -0.4 is 5.32 Å². The summed E-state index contributed by atoms with van der Waals surface area (Å²) >= 11 is 8.54. The minimum absolute atomic E-state index is 0.113. The van der Waals surface area contributed by atoms with Crippen LogP contribution in [0.4, 0.5) is 5.69 Å². The topological polar surface area (TPSA) is 69.7 Å². The van der Waals surface area contributed by atoms with Gasteiger partial charge in [0.15, 0.2) is 0 Å². The van der Waals surface area contributed by atoms with Crippen LogP contribution in [-0.2, 0) is 14.8 Å². The number of halogens is 1. The third-order valence-corrected chi connectivity index (χ3v) is 9.03. The van der Waals surface area contributed by atoms with Gasteiger partial charge in [-0.2, -0.15) is 4.31 Å². The second-order valence-electron chi connectivity index (χ2n) is 6.38. The zero-order valence-electron chi connectivity index (χ0n) is 15.7. The number of rotatable bonds is 8. The molecule has 0 atom stereocenters. The Morgan fingerprint density at radius 2 is 1.93 bits per heavy atom. The highest BCUT2D eigenvalue weighted by molar-refractivity contribution is 7.99. The molecule has 29 heavy (non-hydrogen) atoms. The quantitative estimate of drug-likeness (QED) is 0.470. The average Bonchev–Trinajstić information content (AvgIpc) is 3.15. The van der Waals surface area contributed by atoms with Crippen molar-refractivity contribution in [3.63, 3.8) is 0 Å². The van der Waals surface area contributed by atoms with Crippen LogP contribution in [0.25, 0.3) is 0 Å². The molecular weight excluding hydrogens is 450 g/mol. The van der Waals surface area contributed by atoms with Gasteiger partial charge in [0.25, 0.3) is 10.0 Å². The molecule has 0 aliphatic carbocycles. The molecule has 0 radical (unpaired) electrons. The van der Waals surface area contributed by atoms with Crippen LogP contribution in [0.1, 0.15) is 0 Å². The maximum atomic E-state index is 12.7. The third-order valence-electron chi connectivity index (χ3n) is 4.36. The summed E-state index contributed by atoms with van der Waals surface area (Å²) in [6.45, 7) is 5.63. The summed E-state index contributed by atoms with van der Waals surface area (Å²) in [7, 11) is -3.53. The van der Waals surface area contributed by atoms with E-state index in [4.69, 9.17) is 11.6 Å². The number of thioether (sulfide) groups is 1. The number of amides is 1. The van der Waals surface area contributed by atoms with Gasteiger partial charge in [-0.15, -0.1) is 29.7 Å². The number of nitrogens with one attached hydrogen (secondary N) is 1. The second kappa shape index (κ2) is 10.1. The van der Waals surface area contributed by atoms with Crippen LogP contribution in [0, 0.1) is 0 Å². The SMILES string of the molecule is C=CCSc1ccccc1NC(=O)CN1CCN(S(=O)(=O)c2ccc(Cl)s2)CC1. The highest BCUT2D eigenvalue weighted by Crippen LogP contribution is 2.29. The standard InChI is InChI=1S/C19H22ClN3O3S3/c1-2-13-27-16-6-4-3-5-15(16)21-18(24)14-22-9-11-23(12-10-22)29(25,26)19-8-7-17(20)28-19/h2-8H,1,9-14H2,(H,21,24). The van der Waals surface area contributed by atoms with Crippen molar-refractivity contribution in [1.82, 2.24) is 9.21 Å². The molecule has 6 nitrogen and oxygen atoms in total. The number of anilines is 1. The van der Waals surface area contributed by atoms with Crippen molar-refractivity contribution in [3.8, 4) is 0 Å². The first kappa shape index (κ1) is 22.3. The van der Waals surface area contributed by atoms with E-state index in [2.05, 4.69) is 11.9 Å². The molecule has 1 fully saturated rings. The molecule has 0 saturated carbocycles. The van der Waals surface area contributed by atoms with Gasteiger partial charge in [-0.1, -0.05) is 29.8 Å². The number of nitrogens with zero attached hydrogens (tertiary/aromatic N) is 2. The fourth-order valence-electron chi connectivity index (χ4n) is 2.93. The largest absolute Gasteiger partial charge is 0.324 e. The molecule has 0 unspecified atom stereocenters. The molecule has 1 aliphatic heterocycles. The fraction of sp³-hybridized carbons (Fsp3) is 0.316. The lowest BCUT2D eigenvalue weighted by Gasteiger charge is -2.33. The van der Waals surface area contributed by atoms with Gasteiger partial charge in [0.05, 0.1) is 16.6 Å². The number of benzene rings is 1. The summed E-state index contributed by atoms with van der Waals surface area (Å²) in [5.74, 6) is 0.650. The predicted octanol–water partition coefficient (Wildman–Crippen LogP) is 3.62.